The van der Waals surface area contributed by atoms with Crippen molar-refractivity contribution in [2.75, 3.05) is 10.6 Å². The van der Waals surface area contributed by atoms with Crippen molar-refractivity contribution >= 4 is 23.0 Å². The van der Waals surface area contributed by atoms with Crippen LogP contribution in [-0.4, -0.2) is 5.91 Å². The highest BCUT2D eigenvalue weighted by Crippen LogP contribution is 2.35. The van der Waals surface area contributed by atoms with Crippen LogP contribution in [0, 0.1) is 5.41 Å². The number of alkyl halides is 3. The highest BCUT2D eigenvalue weighted by Gasteiger charge is 2.33. The Morgan fingerprint density at radius 2 is 1.42 bits per heavy atom. The van der Waals surface area contributed by atoms with E-state index in [1.54, 1.807) is 45.0 Å². The van der Waals surface area contributed by atoms with Gasteiger partial charge in [-0.2, -0.15) is 13.2 Å². The number of anilines is 3. The molecule has 24 heavy (non-hydrogen) atoms. The third-order valence-electron chi connectivity index (χ3n) is 3.34. The SMILES string of the molecule is CC(C)(C)C(=O)Nc1ccc(Nc2ccccc2C(F)(F)F)cc1. The largest absolute Gasteiger partial charge is 0.418 e. The molecule has 1 amide bonds. The van der Waals surface area contributed by atoms with Crippen LogP contribution in [-0.2, 0) is 11.0 Å². The van der Waals surface area contributed by atoms with Crippen molar-refractivity contribution < 1.29 is 18.0 Å². The van der Waals surface area contributed by atoms with E-state index in [4.69, 9.17) is 0 Å². The van der Waals surface area contributed by atoms with E-state index in [1.807, 2.05) is 0 Å². The molecule has 2 aromatic rings. The van der Waals surface area contributed by atoms with Crippen molar-refractivity contribution in [3.05, 3.63) is 54.1 Å². The quantitative estimate of drug-likeness (QED) is 0.784. The summed E-state index contributed by atoms with van der Waals surface area (Å²) in [5, 5.41) is 5.52. The number of hydrogen-bond acceptors (Lipinski definition) is 2. The number of amides is 1. The molecule has 0 unspecified atom stereocenters. The van der Waals surface area contributed by atoms with Crippen LogP contribution in [0.1, 0.15) is 26.3 Å². The van der Waals surface area contributed by atoms with Gasteiger partial charge >= 0.3 is 6.18 Å². The van der Waals surface area contributed by atoms with Gasteiger partial charge in [0.1, 0.15) is 0 Å². The molecule has 0 bridgehead atoms. The molecule has 2 N–H and O–H groups in total. The van der Waals surface area contributed by atoms with Crippen LogP contribution >= 0.6 is 0 Å². The third kappa shape index (κ3) is 4.50. The summed E-state index contributed by atoms with van der Waals surface area (Å²) in [7, 11) is 0. The highest BCUT2D eigenvalue weighted by atomic mass is 19.4. The van der Waals surface area contributed by atoms with Crippen molar-refractivity contribution in [2.24, 2.45) is 5.41 Å². The van der Waals surface area contributed by atoms with E-state index in [9.17, 15) is 18.0 Å². The Kier molecular flexibility index (Phi) is 4.87. The first-order valence-electron chi connectivity index (χ1n) is 7.42. The van der Waals surface area contributed by atoms with E-state index in [0.717, 1.165) is 6.07 Å². The molecule has 2 rings (SSSR count). The second kappa shape index (κ2) is 6.55. The minimum absolute atomic E-state index is 0.0172. The van der Waals surface area contributed by atoms with E-state index in [2.05, 4.69) is 10.6 Å². The lowest BCUT2D eigenvalue weighted by Crippen LogP contribution is -2.27. The zero-order valence-corrected chi connectivity index (χ0v) is 13.7. The molecule has 0 aromatic heterocycles. The van der Waals surface area contributed by atoms with Gasteiger partial charge in [-0.25, -0.2) is 0 Å². The molecule has 0 aliphatic rings. The molecule has 0 saturated carbocycles. The maximum absolute atomic E-state index is 13.0. The minimum atomic E-state index is -4.43. The number of para-hydroxylation sites is 1. The first-order chi connectivity index (χ1) is 11.1. The Labute approximate surface area is 138 Å². The average molecular weight is 336 g/mol. The van der Waals surface area contributed by atoms with Gasteiger partial charge in [-0.3, -0.25) is 4.79 Å². The zero-order chi connectivity index (χ0) is 18.0. The Morgan fingerprint density at radius 3 is 1.96 bits per heavy atom. The summed E-state index contributed by atoms with van der Waals surface area (Å²) in [5.41, 5.74) is -0.181. The molecule has 0 atom stereocenters. The zero-order valence-electron chi connectivity index (χ0n) is 13.7. The molecule has 0 heterocycles. The maximum atomic E-state index is 13.0. The Bertz CT molecular complexity index is 716. The van der Waals surface area contributed by atoms with Crippen LogP contribution in [0.5, 0.6) is 0 Å². The number of hydrogen-bond donors (Lipinski definition) is 2. The predicted octanol–water partition coefficient (Wildman–Crippen LogP) is 5.43. The lowest BCUT2D eigenvalue weighted by molar-refractivity contribution is -0.137. The van der Waals surface area contributed by atoms with Crippen molar-refractivity contribution in [1.29, 1.82) is 0 Å². The van der Waals surface area contributed by atoms with Crippen molar-refractivity contribution in [1.82, 2.24) is 0 Å². The Balaban J connectivity index is 2.15. The van der Waals surface area contributed by atoms with Gasteiger partial charge < -0.3 is 10.6 Å². The van der Waals surface area contributed by atoms with Crippen molar-refractivity contribution in [3.63, 3.8) is 0 Å². The minimum Gasteiger partial charge on any atom is -0.355 e. The smallest absolute Gasteiger partial charge is 0.355 e. The van der Waals surface area contributed by atoms with Crippen molar-refractivity contribution in [2.45, 2.75) is 26.9 Å². The molecule has 0 radical (unpaired) electrons. The fourth-order valence-corrected chi connectivity index (χ4v) is 1.95. The molecule has 0 aliphatic heterocycles. The van der Waals surface area contributed by atoms with Crippen LogP contribution in [0.2, 0.25) is 0 Å². The van der Waals surface area contributed by atoms with E-state index in [1.165, 1.54) is 18.2 Å². The number of halogens is 3. The standard InChI is InChI=1S/C18H19F3N2O/c1-17(2,3)16(24)23-13-10-8-12(9-11-13)22-15-7-5-4-6-14(15)18(19,20)21/h4-11,22H,1-3H3,(H,23,24). The molecule has 0 aliphatic carbocycles. The molecule has 128 valence electrons. The summed E-state index contributed by atoms with van der Waals surface area (Å²) < 4.78 is 38.9. The van der Waals surface area contributed by atoms with Crippen LogP contribution in [0.25, 0.3) is 0 Å². The molecule has 2 aromatic carbocycles. The van der Waals surface area contributed by atoms with Crippen molar-refractivity contribution in [3.8, 4) is 0 Å². The third-order valence-corrected chi connectivity index (χ3v) is 3.34. The normalized spacial score (nSPS) is 11.9. The summed E-state index contributed by atoms with van der Waals surface area (Å²) in [6.45, 7) is 5.39. The van der Waals surface area contributed by atoms with Crippen LogP contribution < -0.4 is 10.6 Å². The van der Waals surface area contributed by atoms with Crippen LogP contribution in [0.15, 0.2) is 48.5 Å². The van der Waals surface area contributed by atoms with Gasteiger partial charge in [-0.1, -0.05) is 32.9 Å². The van der Waals surface area contributed by atoms with Gasteiger partial charge in [-0.05, 0) is 36.4 Å². The summed E-state index contributed by atoms with van der Waals surface area (Å²) in [6, 6.07) is 11.8. The Morgan fingerprint density at radius 1 is 0.875 bits per heavy atom. The van der Waals surface area contributed by atoms with E-state index < -0.39 is 17.2 Å². The van der Waals surface area contributed by atoms with Gasteiger partial charge in [0, 0.05) is 16.8 Å². The predicted molar refractivity (Wildman–Crippen MR) is 89.3 cm³/mol. The molecule has 3 nitrogen and oxygen atoms in total. The number of benzene rings is 2. The van der Waals surface area contributed by atoms with Gasteiger partial charge in [0.25, 0.3) is 0 Å². The molecule has 6 heteroatoms. The van der Waals surface area contributed by atoms with Gasteiger partial charge in [0.2, 0.25) is 5.91 Å². The maximum Gasteiger partial charge on any atom is 0.418 e. The summed E-state index contributed by atoms with van der Waals surface area (Å²) >= 11 is 0. The lowest BCUT2D eigenvalue weighted by Gasteiger charge is -2.18. The van der Waals surface area contributed by atoms with Gasteiger partial charge in [0.05, 0.1) is 11.3 Å². The van der Waals surface area contributed by atoms with Gasteiger partial charge in [0.15, 0.2) is 0 Å². The monoisotopic (exact) mass is 336 g/mol. The molecule has 0 saturated heterocycles. The Hall–Kier alpha value is -2.50. The fraction of sp³-hybridized carbons (Fsp3) is 0.278. The fourth-order valence-electron chi connectivity index (χ4n) is 1.95. The molecule has 0 spiro atoms. The summed E-state index contributed by atoms with van der Waals surface area (Å²) in [4.78, 5) is 11.9. The summed E-state index contributed by atoms with van der Waals surface area (Å²) in [6.07, 6.45) is -4.43. The second-order valence-electron chi connectivity index (χ2n) is 6.45. The molecular formula is C18H19F3N2O. The number of carbonyl (C=O) groups excluding carboxylic acids is 1. The van der Waals surface area contributed by atoms with Crippen LogP contribution in [0.4, 0.5) is 30.2 Å². The summed E-state index contributed by atoms with van der Waals surface area (Å²) in [5.74, 6) is -0.134. The molecular weight excluding hydrogens is 317 g/mol. The van der Waals surface area contributed by atoms with E-state index in [0.29, 0.717) is 11.4 Å². The number of nitrogens with one attached hydrogen (secondary N) is 2. The first kappa shape index (κ1) is 17.8. The number of carbonyl (C=O) groups is 1. The lowest BCUT2D eigenvalue weighted by atomic mass is 9.95. The van der Waals surface area contributed by atoms with Gasteiger partial charge in [-0.15, -0.1) is 0 Å². The topological polar surface area (TPSA) is 41.1 Å². The van der Waals surface area contributed by atoms with E-state index >= 15 is 0 Å². The average Bonchev–Trinajstić information content (AvgIpc) is 2.48. The van der Waals surface area contributed by atoms with E-state index in [-0.39, 0.29) is 11.6 Å². The first-order valence-corrected chi connectivity index (χ1v) is 7.42. The highest BCUT2D eigenvalue weighted by molar-refractivity contribution is 5.94. The van der Waals surface area contributed by atoms with Crippen LogP contribution in [0.3, 0.4) is 0 Å². The molecule has 0 fully saturated rings. The number of rotatable bonds is 3. The second-order valence-corrected chi connectivity index (χ2v) is 6.45.